The third kappa shape index (κ3) is 2.81. The van der Waals surface area contributed by atoms with Gasteiger partial charge in [-0.1, -0.05) is 12.8 Å². The van der Waals surface area contributed by atoms with Gasteiger partial charge in [-0.2, -0.15) is 0 Å². The minimum absolute atomic E-state index is 0.520. The lowest BCUT2D eigenvalue weighted by Gasteiger charge is -2.14. The van der Waals surface area contributed by atoms with Gasteiger partial charge in [0.05, 0.1) is 9.26 Å². The Bertz CT molecular complexity index is 641. The summed E-state index contributed by atoms with van der Waals surface area (Å²) in [5.74, 6) is 1.75. The minimum atomic E-state index is 0.520. The number of halogens is 2. The zero-order chi connectivity index (χ0) is 14.1. The van der Waals surface area contributed by atoms with Crippen LogP contribution < -0.4 is 5.73 Å². The summed E-state index contributed by atoms with van der Waals surface area (Å²) in [6, 6.07) is 1.97. The number of aromatic nitrogens is 3. The summed E-state index contributed by atoms with van der Waals surface area (Å²) in [5.41, 5.74) is 8.07. The molecule has 6 heteroatoms. The van der Waals surface area contributed by atoms with Crippen molar-refractivity contribution in [2.24, 2.45) is 0 Å². The van der Waals surface area contributed by atoms with Crippen LogP contribution in [0.3, 0.4) is 0 Å². The maximum atomic E-state index is 6.07. The Morgan fingerprint density at radius 1 is 1.20 bits per heavy atom. The normalized spacial score (nSPS) is 15.7. The fourth-order valence-corrected chi connectivity index (χ4v) is 3.66. The van der Waals surface area contributed by atoms with Crippen LogP contribution in [0.4, 0.5) is 5.82 Å². The highest BCUT2D eigenvalue weighted by Crippen LogP contribution is 2.37. The molecule has 1 aliphatic rings. The minimum Gasteiger partial charge on any atom is -0.383 e. The molecule has 2 aromatic heterocycles. The zero-order valence-electron chi connectivity index (χ0n) is 10.8. The molecule has 1 aliphatic carbocycles. The van der Waals surface area contributed by atoms with E-state index in [0.717, 1.165) is 19.3 Å². The highest BCUT2D eigenvalue weighted by atomic mass is 127. The SMILES string of the molecule is Nc1nc(-c2cncc(Br)c2)nc(C2CCCC2)c1I. The van der Waals surface area contributed by atoms with Crippen molar-refractivity contribution in [3.05, 3.63) is 32.2 Å². The van der Waals surface area contributed by atoms with Crippen molar-refractivity contribution in [1.82, 2.24) is 15.0 Å². The summed E-state index contributed by atoms with van der Waals surface area (Å²) in [6.07, 6.45) is 8.46. The molecule has 0 amide bonds. The quantitative estimate of drug-likeness (QED) is 0.706. The number of rotatable bonds is 2. The van der Waals surface area contributed by atoms with Crippen LogP contribution in [-0.2, 0) is 0 Å². The summed E-state index contributed by atoms with van der Waals surface area (Å²) in [7, 11) is 0. The number of hydrogen-bond donors (Lipinski definition) is 1. The second-order valence-electron chi connectivity index (χ2n) is 5.00. The number of pyridine rings is 1. The zero-order valence-corrected chi connectivity index (χ0v) is 14.6. The first kappa shape index (κ1) is 14.2. The molecule has 0 aromatic carbocycles. The lowest BCUT2D eigenvalue weighted by Crippen LogP contribution is -2.08. The van der Waals surface area contributed by atoms with Gasteiger partial charge in [-0.3, -0.25) is 4.98 Å². The molecule has 0 radical (unpaired) electrons. The lowest BCUT2D eigenvalue weighted by atomic mass is 10.0. The summed E-state index contributed by atoms with van der Waals surface area (Å²) >= 11 is 5.69. The van der Waals surface area contributed by atoms with Gasteiger partial charge in [0.1, 0.15) is 5.82 Å². The van der Waals surface area contributed by atoms with Crippen molar-refractivity contribution in [1.29, 1.82) is 0 Å². The Balaban J connectivity index is 2.08. The number of nitrogens with two attached hydrogens (primary N) is 1. The molecule has 1 fully saturated rings. The van der Waals surface area contributed by atoms with Crippen molar-refractivity contribution in [2.75, 3.05) is 5.73 Å². The first-order valence-corrected chi connectivity index (χ1v) is 8.46. The smallest absolute Gasteiger partial charge is 0.163 e. The molecule has 1 saturated carbocycles. The summed E-state index contributed by atoms with van der Waals surface area (Å²) in [4.78, 5) is 13.4. The van der Waals surface area contributed by atoms with E-state index in [1.807, 2.05) is 6.07 Å². The second kappa shape index (κ2) is 5.93. The summed E-state index contributed by atoms with van der Waals surface area (Å²) < 4.78 is 1.92. The maximum absolute atomic E-state index is 6.07. The molecule has 0 unspecified atom stereocenters. The Labute approximate surface area is 139 Å². The molecular formula is C14H14BrIN4. The molecule has 104 valence electrons. The Kier molecular flexibility index (Phi) is 4.21. The van der Waals surface area contributed by atoms with E-state index < -0.39 is 0 Å². The van der Waals surface area contributed by atoms with Gasteiger partial charge in [0.2, 0.25) is 0 Å². The predicted octanol–water partition coefficient (Wildman–Crippen LogP) is 4.15. The monoisotopic (exact) mass is 444 g/mol. The first-order valence-electron chi connectivity index (χ1n) is 6.59. The predicted molar refractivity (Wildman–Crippen MR) is 91.3 cm³/mol. The first-order chi connectivity index (χ1) is 9.65. The van der Waals surface area contributed by atoms with E-state index >= 15 is 0 Å². The van der Waals surface area contributed by atoms with Crippen LogP contribution >= 0.6 is 38.5 Å². The van der Waals surface area contributed by atoms with Gasteiger partial charge in [0, 0.05) is 28.3 Å². The summed E-state index contributed by atoms with van der Waals surface area (Å²) in [5, 5.41) is 0. The maximum Gasteiger partial charge on any atom is 0.163 e. The van der Waals surface area contributed by atoms with Crippen LogP contribution in [0.2, 0.25) is 0 Å². The molecule has 0 bridgehead atoms. The number of anilines is 1. The molecule has 2 aromatic rings. The van der Waals surface area contributed by atoms with Crippen LogP contribution in [0.1, 0.15) is 37.3 Å². The van der Waals surface area contributed by atoms with Gasteiger partial charge >= 0.3 is 0 Å². The fraction of sp³-hybridized carbons (Fsp3) is 0.357. The molecule has 2 N–H and O–H groups in total. The van der Waals surface area contributed by atoms with Crippen LogP contribution in [0.15, 0.2) is 22.9 Å². The molecule has 0 spiro atoms. The van der Waals surface area contributed by atoms with Crippen molar-refractivity contribution < 1.29 is 0 Å². The van der Waals surface area contributed by atoms with E-state index in [4.69, 9.17) is 10.7 Å². The van der Waals surface area contributed by atoms with Crippen LogP contribution in [0.25, 0.3) is 11.4 Å². The largest absolute Gasteiger partial charge is 0.383 e. The molecule has 2 heterocycles. The highest BCUT2D eigenvalue weighted by Gasteiger charge is 2.23. The number of nitrogens with zero attached hydrogens (tertiary/aromatic N) is 3. The number of nitrogen functional groups attached to an aromatic ring is 1. The highest BCUT2D eigenvalue weighted by molar-refractivity contribution is 14.1. The molecule has 20 heavy (non-hydrogen) atoms. The van der Waals surface area contributed by atoms with E-state index in [9.17, 15) is 0 Å². The van der Waals surface area contributed by atoms with Crippen LogP contribution in [0.5, 0.6) is 0 Å². The van der Waals surface area contributed by atoms with Gasteiger partial charge in [-0.15, -0.1) is 0 Å². The molecule has 3 rings (SSSR count). The average Bonchev–Trinajstić information content (AvgIpc) is 2.95. The van der Waals surface area contributed by atoms with E-state index in [-0.39, 0.29) is 0 Å². The molecule has 0 aliphatic heterocycles. The van der Waals surface area contributed by atoms with Gasteiger partial charge in [0.25, 0.3) is 0 Å². The van der Waals surface area contributed by atoms with Crippen LogP contribution in [0, 0.1) is 3.57 Å². The lowest BCUT2D eigenvalue weighted by molar-refractivity contribution is 0.691. The number of hydrogen-bond acceptors (Lipinski definition) is 4. The van der Waals surface area contributed by atoms with E-state index in [1.165, 1.54) is 25.7 Å². The fourth-order valence-electron chi connectivity index (χ4n) is 2.62. The second-order valence-corrected chi connectivity index (χ2v) is 7.00. The molecular weight excluding hydrogens is 431 g/mol. The summed E-state index contributed by atoms with van der Waals surface area (Å²) in [6.45, 7) is 0. The third-order valence-electron chi connectivity index (χ3n) is 3.61. The van der Waals surface area contributed by atoms with Crippen molar-refractivity contribution in [2.45, 2.75) is 31.6 Å². The van der Waals surface area contributed by atoms with Crippen LogP contribution in [-0.4, -0.2) is 15.0 Å². The van der Waals surface area contributed by atoms with Crippen molar-refractivity contribution in [3.63, 3.8) is 0 Å². The molecule has 4 nitrogen and oxygen atoms in total. The standard InChI is InChI=1S/C14H14BrIN4/c15-10-5-9(6-18-7-10)14-19-12(8-3-1-2-4-8)11(16)13(17)20-14/h5-8H,1-4H2,(H2,17,19,20). The van der Waals surface area contributed by atoms with E-state index in [1.54, 1.807) is 12.4 Å². The van der Waals surface area contributed by atoms with Gasteiger partial charge in [0.15, 0.2) is 5.82 Å². The Morgan fingerprint density at radius 2 is 1.95 bits per heavy atom. The van der Waals surface area contributed by atoms with Gasteiger partial charge in [-0.25, -0.2) is 9.97 Å². The Hall–Kier alpha value is -0.760. The van der Waals surface area contributed by atoms with Crippen molar-refractivity contribution >= 4 is 44.3 Å². The third-order valence-corrected chi connectivity index (χ3v) is 5.15. The van der Waals surface area contributed by atoms with E-state index in [0.29, 0.717) is 17.6 Å². The average molecular weight is 445 g/mol. The molecule has 0 saturated heterocycles. The van der Waals surface area contributed by atoms with Gasteiger partial charge < -0.3 is 5.73 Å². The molecule has 0 atom stereocenters. The Morgan fingerprint density at radius 3 is 2.65 bits per heavy atom. The van der Waals surface area contributed by atoms with Gasteiger partial charge in [-0.05, 0) is 57.4 Å². The van der Waals surface area contributed by atoms with E-state index in [2.05, 4.69) is 48.5 Å². The van der Waals surface area contributed by atoms with Crippen molar-refractivity contribution in [3.8, 4) is 11.4 Å². The topological polar surface area (TPSA) is 64.7 Å².